The van der Waals surface area contributed by atoms with Crippen LogP contribution in [-0.2, 0) is 29.2 Å². The number of hydrogen-bond acceptors (Lipinski definition) is 7. The van der Waals surface area contributed by atoms with Crippen molar-refractivity contribution in [2.24, 2.45) is 29.1 Å². The third kappa shape index (κ3) is 11.6. The number of carbonyl (C=O) groups excluding carboxylic acids is 5. The van der Waals surface area contributed by atoms with Crippen molar-refractivity contribution < 1.29 is 32.4 Å². The maximum absolute atomic E-state index is 14.8. The molecule has 0 aromatic heterocycles. The van der Waals surface area contributed by atoms with Crippen molar-refractivity contribution in [3.05, 3.63) is 24.8 Å². The zero-order valence-corrected chi connectivity index (χ0v) is 34.1. The molecule has 2 saturated carbocycles. The highest BCUT2D eigenvalue weighted by Crippen LogP contribution is 2.35. The van der Waals surface area contributed by atoms with Gasteiger partial charge >= 0.3 is 6.03 Å². The normalized spacial score (nSPS) is 23.9. The molecule has 2 heterocycles. The molecule has 4 N–H and O–H groups in total. The summed E-state index contributed by atoms with van der Waals surface area (Å²) in [7, 11) is -3.40. The van der Waals surface area contributed by atoms with E-state index in [1.165, 1.54) is 10.4 Å². The van der Waals surface area contributed by atoms with E-state index in [-0.39, 0.29) is 55.0 Å². The summed E-state index contributed by atoms with van der Waals surface area (Å²) >= 11 is 0. The predicted molar refractivity (Wildman–Crippen MR) is 210 cm³/mol. The summed E-state index contributed by atoms with van der Waals surface area (Å²) in [6.45, 7) is 18.7. The fourth-order valence-electron chi connectivity index (χ4n) is 8.15. The van der Waals surface area contributed by atoms with Crippen molar-refractivity contribution in [2.75, 3.05) is 31.9 Å². The maximum atomic E-state index is 14.8. The Kier molecular flexibility index (Phi) is 15.3. The molecule has 5 atom stereocenters. The van der Waals surface area contributed by atoms with E-state index in [0.717, 1.165) is 56.9 Å². The second-order valence-electron chi connectivity index (χ2n) is 17.5. The Morgan fingerprint density at radius 2 is 1.59 bits per heavy atom. The van der Waals surface area contributed by atoms with Crippen LogP contribution in [0.3, 0.4) is 0 Å². The van der Waals surface area contributed by atoms with Gasteiger partial charge in [-0.3, -0.25) is 19.2 Å². The van der Waals surface area contributed by atoms with E-state index < -0.39 is 63.2 Å². The average Bonchev–Trinajstić information content (AvgIpc) is 3.67. The van der Waals surface area contributed by atoms with Gasteiger partial charge in [0.25, 0.3) is 5.91 Å². The van der Waals surface area contributed by atoms with Crippen LogP contribution in [0, 0.1) is 29.1 Å². The highest BCUT2D eigenvalue weighted by Gasteiger charge is 2.46. The predicted octanol–water partition coefficient (Wildman–Crippen LogP) is 4.05. The molecule has 14 heteroatoms. The molecular formula is C40H66N6O7S. The highest BCUT2D eigenvalue weighted by atomic mass is 32.2. The lowest BCUT2D eigenvalue weighted by Gasteiger charge is -2.37. The fraction of sp³-hybridized carbons (Fsp3) is 0.775. The minimum atomic E-state index is -3.40. The smallest absolute Gasteiger partial charge is 0.315 e. The molecule has 4 aliphatic rings. The number of amides is 5. The molecule has 54 heavy (non-hydrogen) atoms. The molecule has 2 aliphatic carbocycles. The van der Waals surface area contributed by atoms with Gasteiger partial charge in [-0.2, -0.15) is 4.31 Å². The summed E-state index contributed by atoms with van der Waals surface area (Å²) < 4.78 is 26.8. The van der Waals surface area contributed by atoms with E-state index >= 15 is 0 Å². The number of nitrogens with one attached hydrogen (secondary N) is 4. The number of ketones is 1. The average molecular weight is 775 g/mol. The van der Waals surface area contributed by atoms with Gasteiger partial charge in [0.1, 0.15) is 12.1 Å². The quantitative estimate of drug-likeness (QED) is 0.128. The van der Waals surface area contributed by atoms with Crippen molar-refractivity contribution in [2.45, 2.75) is 136 Å². The summed E-state index contributed by atoms with van der Waals surface area (Å²) in [5, 5.41) is 11.4. The van der Waals surface area contributed by atoms with Gasteiger partial charge < -0.3 is 26.2 Å². The van der Waals surface area contributed by atoms with Crippen molar-refractivity contribution in [3.63, 3.8) is 0 Å². The van der Waals surface area contributed by atoms with Gasteiger partial charge in [-0.25, -0.2) is 13.2 Å². The molecule has 5 amide bonds. The van der Waals surface area contributed by atoms with Gasteiger partial charge in [0, 0.05) is 32.2 Å². The van der Waals surface area contributed by atoms with Crippen LogP contribution in [0.1, 0.15) is 112 Å². The minimum Gasteiger partial charge on any atom is -0.346 e. The van der Waals surface area contributed by atoms with Gasteiger partial charge in [0.2, 0.25) is 27.6 Å². The topological polar surface area (TPSA) is 174 Å². The van der Waals surface area contributed by atoms with Gasteiger partial charge in [0.05, 0.1) is 11.8 Å². The first-order valence-electron chi connectivity index (χ1n) is 20.2. The van der Waals surface area contributed by atoms with Crippen LogP contribution >= 0.6 is 0 Å². The Hall–Kier alpha value is -3.26. The third-order valence-corrected chi connectivity index (χ3v) is 13.9. The number of hydrogen-bond donors (Lipinski definition) is 4. The first-order valence-corrected chi connectivity index (χ1v) is 21.8. The number of carbonyl (C=O) groups is 5. The first-order chi connectivity index (χ1) is 25.4. The van der Waals surface area contributed by atoms with Crippen molar-refractivity contribution >= 4 is 39.6 Å². The third-order valence-electron chi connectivity index (χ3n) is 12.0. The summed E-state index contributed by atoms with van der Waals surface area (Å²) in [6, 6.07) is -3.94. The zero-order chi connectivity index (χ0) is 39.8. The molecule has 4 fully saturated rings. The number of sulfonamides is 1. The molecule has 304 valence electrons. The minimum absolute atomic E-state index is 0.0650. The Labute approximate surface area is 323 Å². The second kappa shape index (κ2) is 19.1. The van der Waals surface area contributed by atoms with E-state index in [4.69, 9.17) is 0 Å². The zero-order valence-electron chi connectivity index (χ0n) is 33.3. The Morgan fingerprint density at radius 1 is 0.907 bits per heavy atom. The van der Waals surface area contributed by atoms with Crippen LogP contribution in [-0.4, -0.2) is 103 Å². The SMILES string of the molecule is C=CCNC(=O)C(=O)C(CC1CCC1)NC(=O)[C@@H]1C[C@@H](CC(=C)C(C)C)CN1C(=O)[C@@H](NC(=O)N[C@H](CN1CCCS1(=O)=O)C(C)(C)C)C1CCCCC1. The Balaban J connectivity index is 1.59. The van der Waals surface area contributed by atoms with Crippen LogP contribution in [0.4, 0.5) is 4.79 Å². The molecule has 4 rings (SSSR count). The van der Waals surface area contributed by atoms with Crippen LogP contribution in [0.5, 0.6) is 0 Å². The summed E-state index contributed by atoms with van der Waals surface area (Å²) in [6.07, 6.45) is 10.5. The van der Waals surface area contributed by atoms with Crippen LogP contribution in [0.15, 0.2) is 24.8 Å². The van der Waals surface area contributed by atoms with Crippen molar-refractivity contribution in [1.29, 1.82) is 0 Å². The molecule has 0 aromatic rings. The van der Waals surface area contributed by atoms with Crippen LogP contribution in [0.2, 0.25) is 0 Å². The molecule has 0 aromatic carbocycles. The van der Waals surface area contributed by atoms with E-state index in [0.29, 0.717) is 32.2 Å². The molecule has 2 aliphatic heterocycles. The fourth-order valence-corrected chi connectivity index (χ4v) is 9.68. The summed E-state index contributed by atoms with van der Waals surface area (Å²) in [5.41, 5.74) is 0.528. The second-order valence-corrected chi connectivity index (χ2v) is 19.6. The Morgan fingerprint density at radius 3 is 2.15 bits per heavy atom. The van der Waals surface area contributed by atoms with Crippen molar-refractivity contribution in [1.82, 2.24) is 30.5 Å². The van der Waals surface area contributed by atoms with Gasteiger partial charge in [-0.15, -0.1) is 6.58 Å². The van der Waals surface area contributed by atoms with E-state index in [9.17, 15) is 32.4 Å². The largest absolute Gasteiger partial charge is 0.346 e. The number of urea groups is 1. The van der Waals surface area contributed by atoms with E-state index in [1.807, 2.05) is 20.8 Å². The lowest BCUT2D eigenvalue weighted by molar-refractivity contribution is -0.143. The molecule has 0 radical (unpaired) electrons. The van der Waals surface area contributed by atoms with Crippen LogP contribution < -0.4 is 21.3 Å². The molecule has 2 saturated heterocycles. The molecular weight excluding hydrogens is 709 g/mol. The number of rotatable bonds is 17. The van der Waals surface area contributed by atoms with Gasteiger partial charge in [-0.05, 0) is 67.6 Å². The number of nitrogens with zero attached hydrogens (tertiary/aromatic N) is 2. The monoisotopic (exact) mass is 774 g/mol. The summed E-state index contributed by atoms with van der Waals surface area (Å²) in [5.74, 6) is -2.04. The molecule has 0 spiro atoms. The number of likely N-dealkylation sites (tertiary alicyclic amines) is 1. The Bertz CT molecular complexity index is 1500. The lowest BCUT2D eigenvalue weighted by atomic mass is 9.80. The van der Waals surface area contributed by atoms with Crippen molar-refractivity contribution in [3.8, 4) is 0 Å². The maximum Gasteiger partial charge on any atom is 0.315 e. The highest BCUT2D eigenvalue weighted by molar-refractivity contribution is 7.89. The van der Waals surface area contributed by atoms with Gasteiger partial charge in [-0.1, -0.05) is 91.4 Å². The number of Topliss-reactive ketones (excluding diaryl/α,β-unsaturated/α-hetero) is 1. The van der Waals surface area contributed by atoms with Crippen LogP contribution in [0.25, 0.3) is 0 Å². The standard InChI is InChI=1S/C40H66N6O7S/c1-8-18-41-37(49)35(47)31(22-28-14-12-15-28)42-36(48)32-23-29(21-27(4)26(2)3)24-46(32)38(50)34(30-16-10-9-11-17-30)44-39(51)43-33(40(5,6)7)25-45-19-13-20-54(45,52)53/h8,26,28-34H,1,4,9-25H2,2-3,5-7H3,(H,41,49)(H,42,48)(H2,43,44,51)/t29-,31?,32+,33-,34+/m1/s1. The number of allylic oxidation sites excluding steroid dienone is 1. The van der Waals surface area contributed by atoms with Gasteiger partial charge in [0.15, 0.2) is 0 Å². The molecule has 0 bridgehead atoms. The molecule has 13 nitrogen and oxygen atoms in total. The summed E-state index contributed by atoms with van der Waals surface area (Å²) in [4.78, 5) is 70.7. The van der Waals surface area contributed by atoms with E-state index in [2.05, 4.69) is 48.3 Å². The molecule has 1 unspecified atom stereocenters. The van der Waals surface area contributed by atoms with E-state index in [1.54, 1.807) is 4.90 Å². The lowest BCUT2D eigenvalue weighted by Crippen LogP contribution is -2.61. The first kappa shape index (κ1) is 43.5.